The highest BCUT2D eigenvalue weighted by molar-refractivity contribution is 5.84. The van der Waals surface area contributed by atoms with Gasteiger partial charge >= 0.3 is 0 Å². The first-order chi connectivity index (χ1) is 17.7. The highest BCUT2D eigenvalue weighted by Crippen LogP contribution is 2.27. The lowest BCUT2D eigenvalue weighted by Crippen LogP contribution is -2.31. The van der Waals surface area contributed by atoms with Crippen LogP contribution in [0.1, 0.15) is 36.0 Å². The second-order valence-electron chi connectivity index (χ2n) is 9.48. The van der Waals surface area contributed by atoms with Gasteiger partial charge in [0.1, 0.15) is 5.75 Å². The van der Waals surface area contributed by atoms with Crippen LogP contribution in [-0.4, -0.2) is 13.2 Å². The Morgan fingerprint density at radius 3 is 2.06 bits per heavy atom. The molecule has 2 unspecified atom stereocenters. The summed E-state index contributed by atoms with van der Waals surface area (Å²) in [5.41, 5.74) is 3.86. The van der Waals surface area contributed by atoms with Crippen molar-refractivity contribution in [1.82, 2.24) is 5.32 Å². The first-order valence-electron chi connectivity index (χ1n) is 12.7. The molecule has 0 radical (unpaired) electrons. The van der Waals surface area contributed by atoms with Crippen LogP contribution in [0, 0.1) is 0 Å². The van der Waals surface area contributed by atoms with Gasteiger partial charge in [0.2, 0.25) is 0 Å². The van der Waals surface area contributed by atoms with Crippen LogP contribution in [0.4, 0.5) is 0 Å². The summed E-state index contributed by atoms with van der Waals surface area (Å²) in [6.45, 7) is 3.13. The summed E-state index contributed by atoms with van der Waals surface area (Å²) in [4.78, 5) is 0. The number of ether oxygens (including phenoxy) is 1. The highest BCUT2D eigenvalue weighted by atomic mass is 16.5. The van der Waals surface area contributed by atoms with Crippen LogP contribution in [0.2, 0.25) is 0 Å². The average Bonchev–Trinajstić information content (AvgIpc) is 2.94. The lowest BCUT2D eigenvalue weighted by molar-refractivity contribution is 0.413. The van der Waals surface area contributed by atoms with Crippen LogP contribution in [0.15, 0.2) is 115 Å². The molecule has 2 nitrogen and oxygen atoms in total. The largest absolute Gasteiger partial charge is 0.497 e. The maximum atomic E-state index is 5.39. The van der Waals surface area contributed by atoms with Gasteiger partial charge in [-0.15, -0.1) is 0 Å². The van der Waals surface area contributed by atoms with Gasteiger partial charge in [0.15, 0.2) is 0 Å². The summed E-state index contributed by atoms with van der Waals surface area (Å²) in [7, 11) is 1.71. The lowest BCUT2D eigenvalue weighted by Gasteiger charge is -2.25. The van der Waals surface area contributed by atoms with E-state index in [1.807, 2.05) is 0 Å². The Kier molecular flexibility index (Phi) is 7.44. The molecule has 2 heteroatoms. The van der Waals surface area contributed by atoms with Crippen LogP contribution in [0.3, 0.4) is 0 Å². The van der Waals surface area contributed by atoms with Crippen molar-refractivity contribution < 1.29 is 4.74 Å². The summed E-state index contributed by atoms with van der Waals surface area (Å²) >= 11 is 0. The first-order valence-corrected chi connectivity index (χ1v) is 12.7. The molecule has 5 aromatic rings. The third kappa shape index (κ3) is 5.67. The fraction of sp³-hybridized carbons (Fsp3) is 0.176. The Morgan fingerprint density at radius 2 is 1.36 bits per heavy atom. The fourth-order valence-electron chi connectivity index (χ4n) is 4.91. The van der Waals surface area contributed by atoms with Gasteiger partial charge in [-0.1, -0.05) is 97.1 Å². The number of benzene rings is 5. The molecular formula is C34H33NO. The second kappa shape index (κ2) is 11.2. The summed E-state index contributed by atoms with van der Waals surface area (Å²) in [6, 6.07) is 39.2. The molecule has 0 aromatic heterocycles. The molecule has 0 saturated heterocycles. The molecule has 0 fully saturated rings. The van der Waals surface area contributed by atoms with Crippen molar-refractivity contribution in [1.29, 1.82) is 0 Å². The summed E-state index contributed by atoms with van der Waals surface area (Å²) in [5.74, 6) is 1.23. The number of hydrogen-bond donors (Lipinski definition) is 1. The Balaban J connectivity index is 1.32. The maximum absolute atomic E-state index is 5.39. The molecular weight excluding hydrogens is 438 g/mol. The van der Waals surface area contributed by atoms with Gasteiger partial charge in [0.25, 0.3) is 0 Å². The zero-order valence-corrected chi connectivity index (χ0v) is 21.0. The van der Waals surface area contributed by atoms with Gasteiger partial charge in [0.05, 0.1) is 7.11 Å². The molecule has 0 amide bonds. The molecule has 5 rings (SSSR count). The third-order valence-corrected chi connectivity index (χ3v) is 7.06. The molecule has 5 aromatic carbocycles. The van der Waals surface area contributed by atoms with Gasteiger partial charge in [-0.05, 0) is 75.8 Å². The van der Waals surface area contributed by atoms with Crippen molar-refractivity contribution in [2.75, 3.05) is 7.11 Å². The summed E-state index contributed by atoms with van der Waals surface area (Å²) < 4.78 is 5.39. The fourth-order valence-corrected chi connectivity index (χ4v) is 4.91. The second-order valence-corrected chi connectivity index (χ2v) is 9.48. The van der Waals surface area contributed by atoms with Crippen LogP contribution >= 0.6 is 0 Å². The van der Waals surface area contributed by atoms with E-state index in [2.05, 4.69) is 134 Å². The molecule has 180 valence electrons. The quantitative estimate of drug-likeness (QED) is 0.233. The Labute approximate surface area is 214 Å². The minimum Gasteiger partial charge on any atom is -0.497 e. The molecule has 36 heavy (non-hydrogen) atoms. The maximum Gasteiger partial charge on any atom is 0.118 e. The van der Waals surface area contributed by atoms with Crippen LogP contribution in [0.25, 0.3) is 27.6 Å². The van der Waals surface area contributed by atoms with Crippen LogP contribution in [0.5, 0.6) is 5.75 Å². The minimum atomic E-state index is 0.297. The Hall–Kier alpha value is -3.88. The third-order valence-electron chi connectivity index (χ3n) is 7.06. The number of methoxy groups -OCH3 is 1. The minimum absolute atomic E-state index is 0.297. The molecule has 2 atom stereocenters. The van der Waals surface area contributed by atoms with E-state index >= 15 is 0 Å². The van der Waals surface area contributed by atoms with Gasteiger partial charge < -0.3 is 10.1 Å². The van der Waals surface area contributed by atoms with Gasteiger partial charge in [0, 0.05) is 18.5 Å². The predicted molar refractivity (Wildman–Crippen MR) is 154 cm³/mol. The number of rotatable bonds is 9. The van der Waals surface area contributed by atoms with Crippen molar-refractivity contribution >= 4 is 27.6 Å². The van der Waals surface area contributed by atoms with Crippen LogP contribution in [-0.2, 0) is 6.54 Å². The van der Waals surface area contributed by atoms with E-state index in [1.54, 1.807) is 7.11 Å². The monoisotopic (exact) mass is 471 g/mol. The molecule has 0 bridgehead atoms. The van der Waals surface area contributed by atoms with Crippen molar-refractivity contribution in [2.24, 2.45) is 0 Å². The van der Waals surface area contributed by atoms with Crippen molar-refractivity contribution in [3.8, 4) is 5.75 Å². The van der Waals surface area contributed by atoms with Crippen LogP contribution < -0.4 is 10.1 Å². The standard InChI is InChI=1S/C34H33NO/c1-25(35-24-27-15-17-29-10-4-6-12-32(29)23-27)34(30-18-20-33(36-2)21-19-30)13-7-8-26-14-16-28-9-3-5-11-31(28)22-26/h3-12,14-23,25,34-35H,13,24H2,1-2H3. The average molecular weight is 472 g/mol. The number of nitrogens with one attached hydrogen (secondary N) is 1. The molecule has 0 spiro atoms. The molecule has 0 heterocycles. The summed E-state index contributed by atoms with van der Waals surface area (Å²) in [6.07, 6.45) is 5.51. The van der Waals surface area contributed by atoms with E-state index in [-0.39, 0.29) is 0 Å². The molecule has 0 saturated carbocycles. The number of allylic oxidation sites excluding steroid dienone is 1. The smallest absolute Gasteiger partial charge is 0.118 e. The zero-order chi connectivity index (χ0) is 24.7. The van der Waals surface area contributed by atoms with E-state index in [9.17, 15) is 0 Å². The molecule has 1 N–H and O–H groups in total. The zero-order valence-electron chi connectivity index (χ0n) is 21.0. The topological polar surface area (TPSA) is 21.3 Å². The predicted octanol–water partition coefficient (Wildman–Crippen LogP) is 8.37. The Morgan fingerprint density at radius 1 is 0.722 bits per heavy atom. The lowest BCUT2D eigenvalue weighted by atomic mass is 9.88. The van der Waals surface area contributed by atoms with Crippen molar-refractivity contribution in [2.45, 2.75) is 31.8 Å². The van der Waals surface area contributed by atoms with Gasteiger partial charge in [-0.25, -0.2) is 0 Å². The van der Waals surface area contributed by atoms with E-state index in [0.29, 0.717) is 12.0 Å². The normalized spacial score (nSPS) is 13.3. The summed E-state index contributed by atoms with van der Waals surface area (Å²) in [5, 5.41) is 8.92. The number of hydrogen-bond acceptors (Lipinski definition) is 2. The highest BCUT2D eigenvalue weighted by Gasteiger charge is 2.18. The van der Waals surface area contributed by atoms with E-state index in [4.69, 9.17) is 4.74 Å². The molecule has 0 aliphatic carbocycles. The molecule has 0 aliphatic heterocycles. The van der Waals surface area contributed by atoms with Crippen molar-refractivity contribution in [3.63, 3.8) is 0 Å². The van der Waals surface area contributed by atoms with E-state index in [0.717, 1.165) is 18.7 Å². The number of fused-ring (bicyclic) bond motifs is 2. The van der Waals surface area contributed by atoms with Gasteiger partial charge in [-0.2, -0.15) is 0 Å². The first kappa shape index (κ1) is 23.8. The van der Waals surface area contributed by atoms with E-state index < -0.39 is 0 Å². The SMILES string of the molecule is COc1ccc(C(CC=Cc2ccc3ccccc3c2)C(C)NCc2ccc3ccccc3c2)cc1. The Bertz CT molecular complexity index is 1470. The van der Waals surface area contributed by atoms with Gasteiger partial charge in [-0.3, -0.25) is 0 Å². The van der Waals surface area contributed by atoms with E-state index in [1.165, 1.54) is 38.2 Å². The van der Waals surface area contributed by atoms with Crippen molar-refractivity contribution in [3.05, 3.63) is 132 Å². The molecule has 0 aliphatic rings.